The molecule has 0 bridgehead atoms. The number of halogens is 1. The van der Waals surface area contributed by atoms with Crippen LogP contribution in [0.25, 0.3) is 11.1 Å². The molecule has 0 spiro atoms. The monoisotopic (exact) mass is 239 g/mol. The van der Waals surface area contributed by atoms with Crippen LogP contribution in [0.15, 0.2) is 36.4 Å². The van der Waals surface area contributed by atoms with Gasteiger partial charge in [-0.3, -0.25) is 4.79 Å². The molecule has 0 atom stereocenters. The van der Waals surface area contributed by atoms with Gasteiger partial charge in [0.05, 0.1) is 11.6 Å². The largest absolute Gasteiger partial charge is 0.298 e. The molecule has 0 aliphatic carbocycles. The van der Waals surface area contributed by atoms with Crippen molar-refractivity contribution in [3.05, 3.63) is 58.9 Å². The van der Waals surface area contributed by atoms with Crippen molar-refractivity contribution in [2.45, 2.75) is 6.92 Å². The van der Waals surface area contributed by atoms with E-state index >= 15 is 0 Å². The van der Waals surface area contributed by atoms with Crippen LogP contribution in [-0.2, 0) is 0 Å². The minimum Gasteiger partial charge on any atom is -0.298 e. The first-order valence-corrected chi connectivity index (χ1v) is 5.41. The van der Waals surface area contributed by atoms with E-state index in [0.29, 0.717) is 11.1 Å². The molecule has 0 unspecified atom stereocenters. The lowest BCUT2D eigenvalue weighted by molar-refractivity contribution is 0.112. The summed E-state index contributed by atoms with van der Waals surface area (Å²) in [6.07, 6.45) is 0.767. The van der Waals surface area contributed by atoms with E-state index in [4.69, 9.17) is 5.26 Å². The maximum absolute atomic E-state index is 13.4. The van der Waals surface area contributed by atoms with Crippen LogP contribution in [0.5, 0.6) is 0 Å². The van der Waals surface area contributed by atoms with Crippen molar-refractivity contribution in [1.29, 1.82) is 5.26 Å². The smallest absolute Gasteiger partial charge is 0.150 e. The average Bonchev–Trinajstić information content (AvgIpc) is 2.37. The Morgan fingerprint density at radius 2 is 2.00 bits per heavy atom. The predicted octanol–water partition coefficient (Wildman–Crippen LogP) is 3.49. The molecule has 0 N–H and O–H groups in total. The number of rotatable bonds is 2. The number of nitrogens with zero attached hydrogens (tertiary/aromatic N) is 1. The third kappa shape index (κ3) is 2.28. The van der Waals surface area contributed by atoms with Gasteiger partial charge in [0.15, 0.2) is 0 Å². The van der Waals surface area contributed by atoms with Crippen molar-refractivity contribution in [2.75, 3.05) is 0 Å². The normalized spacial score (nSPS) is 9.83. The first-order chi connectivity index (χ1) is 8.63. The molecule has 0 heterocycles. The molecule has 0 aliphatic rings. The van der Waals surface area contributed by atoms with Gasteiger partial charge in [0, 0.05) is 5.56 Å². The van der Waals surface area contributed by atoms with E-state index in [0.717, 1.165) is 17.4 Å². The molecule has 2 aromatic rings. The summed E-state index contributed by atoms with van der Waals surface area (Å²) in [5.74, 6) is -0.442. The third-order valence-electron chi connectivity index (χ3n) is 2.72. The van der Waals surface area contributed by atoms with Crippen molar-refractivity contribution in [3.8, 4) is 17.2 Å². The zero-order chi connectivity index (χ0) is 13.1. The van der Waals surface area contributed by atoms with Gasteiger partial charge in [-0.15, -0.1) is 0 Å². The summed E-state index contributed by atoms with van der Waals surface area (Å²) >= 11 is 0. The Hall–Kier alpha value is -2.47. The lowest BCUT2D eigenvalue weighted by atomic mass is 9.97. The Morgan fingerprint density at radius 3 is 2.61 bits per heavy atom. The summed E-state index contributed by atoms with van der Waals surface area (Å²) in [6, 6.07) is 11.3. The lowest BCUT2D eigenvalue weighted by Crippen LogP contribution is -1.89. The summed E-state index contributed by atoms with van der Waals surface area (Å²) in [5.41, 5.74) is 3.18. The fourth-order valence-corrected chi connectivity index (χ4v) is 1.89. The maximum atomic E-state index is 13.4. The fourth-order valence-electron chi connectivity index (χ4n) is 1.89. The number of hydrogen-bond donors (Lipinski definition) is 0. The van der Waals surface area contributed by atoms with Crippen molar-refractivity contribution in [3.63, 3.8) is 0 Å². The second-order valence-electron chi connectivity index (χ2n) is 4.03. The van der Waals surface area contributed by atoms with Gasteiger partial charge in [0.1, 0.15) is 12.1 Å². The highest BCUT2D eigenvalue weighted by atomic mass is 19.1. The summed E-state index contributed by atoms with van der Waals surface area (Å²) in [4.78, 5) is 10.7. The second-order valence-corrected chi connectivity index (χ2v) is 4.03. The Labute approximate surface area is 104 Å². The fraction of sp³-hybridized carbons (Fsp3) is 0.0667. The molecule has 2 nitrogen and oxygen atoms in total. The zero-order valence-electron chi connectivity index (χ0n) is 9.77. The van der Waals surface area contributed by atoms with Crippen molar-refractivity contribution in [2.24, 2.45) is 0 Å². The number of aryl methyl sites for hydroxylation is 1. The molecule has 0 saturated carbocycles. The first-order valence-electron chi connectivity index (χ1n) is 5.41. The summed E-state index contributed by atoms with van der Waals surface area (Å²) in [7, 11) is 0. The standard InChI is InChI=1S/C15H10FNO/c1-10-4-11(9-18)2-3-15(10)13-5-12(8-17)6-14(16)7-13/h2-7,9H,1H3. The van der Waals surface area contributed by atoms with Crippen LogP contribution in [0, 0.1) is 24.1 Å². The molecule has 0 radical (unpaired) electrons. The molecule has 0 aromatic heterocycles. The molecule has 0 saturated heterocycles. The van der Waals surface area contributed by atoms with E-state index in [-0.39, 0.29) is 5.56 Å². The maximum Gasteiger partial charge on any atom is 0.150 e. The van der Waals surface area contributed by atoms with Gasteiger partial charge in [-0.05, 0) is 47.9 Å². The highest BCUT2D eigenvalue weighted by Crippen LogP contribution is 2.25. The van der Waals surface area contributed by atoms with Gasteiger partial charge in [-0.2, -0.15) is 5.26 Å². The molecular formula is C15H10FNO. The number of carbonyl (C=O) groups excluding carboxylic acids is 1. The van der Waals surface area contributed by atoms with Crippen LogP contribution in [0.4, 0.5) is 4.39 Å². The summed E-state index contributed by atoms with van der Waals surface area (Å²) in [5, 5.41) is 8.82. The number of aldehydes is 1. The van der Waals surface area contributed by atoms with E-state index < -0.39 is 5.82 Å². The topological polar surface area (TPSA) is 40.9 Å². The van der Waals surface area contributed by atoms with Crippen LogP contribution in [0.2, 0.25) is 0 Å². The molecule has 2 aromatic carbocycles. The Balaban J connectivity index is 2.58. The highest BCUT2D eigenvalue weighted by Gasteiger charge is 2.06. The van der Waals surface area contributed by atoms with E-state index in [1.165, 1.54) is 12.1 Å². The Morgan fingerprint density at radius 1 is 1.22 bits per heavy atom. The van der Waals surface area contributed by atoms with E-state index in [2.05, 4.69) is 0 Å². The van der Waals surface area contributed by atoms with Crippen molar-refractivity contribution < 1.29 is 9.18 Å². The third-order valence-corrected chi connectivity index (χ3v) is 2.72. The van der Waals surface area contributed by atoms with Gasteiger partial charge in [-0.1, -0.05) is 12.1 Å². The number of carbonyl (C=O) groups is 1. The number of nitriles is 1. The zero-order valence-corrected chi connectivity index (χ0v) is 9.77. The molecule has 88 valence electrons. The number of hydrogen-bond acceptors (Lipinski definition) is 2. The van der Waals surface area contributed by atoms with Crippen molar-refractivity contribution >= 4 is 6.29 Å². The minimum absolute atomic E-state index is 0.281. The van der Waals surface area contributed by atoms with E-state index in [9.17, 15) is 9.18 Å². The molecule has 18 heavy (non-hydrogen) atoms. The van der Waals surface area contributed by atoms with Crippen LogP contribution < -0.4 is 0 Å². The lowest BCUT2D eigenvalue weighted by Gasteiger charge is -2.07. The van der Waals surface area contributed by atoms with Gasteiger partial charge in [-0.25, -0.2) is 4.39 Å². The summed E-state index contributed by atoms with van der Waals surface area (Å²) in [6.45, 7) is 1.85. The van der Waals surface area contributed by atoms with E-state index in [1.54, 1.807) is 24.3 Å². The molecule has 0 fully saturated rings. The molecule has 3 heteroatoms. The molecule has 0 aliphatic heterocycles. The van der Waals surface area contributed by atoms with Crippen molar-refractivity contribution in [1.82, 2.24) is 0 Å². The predicted molar refractivity (Wildman–Crippen MR) is 66.7 cm³/mol. The highest BCUT2D eigenvalue weighted by molar-refractivity contribution is 5.78. The van der Waals surface area contributed by atoms with Gasteiger partial charge >= 0.3 is 0 Å². The number of benzene rings is 2. The van der Waals surface area contributed by atoms with Crippen LogP contribution in [0.3, 0.4) is 0 Å². The van der Waals surface area contributed by atoms with Crippen LogP contribution >= 0.6 is 0 Å². The second kappa shape index (κ2) is 4.80. The molecule has 0 amide bonds. The molecular weight excluding hydrogens is 229 g/mol. The average molecular weight is 239 g/mol. The van der Waals surface area contributed by atoms with Gasteiger partial charge in [0.2, 0.25) is 0 Å². The quantitative estimate of drug-likeness (QED) is 0.753. The minimum atomic E-state index is -0.442. The van der Waals surface area contributed by atoms with Crippen LogP contribution in [0.1, 0.15) is 21.5 Å². The SMILES string of the molecule is Cc1cc(C=O)ccc1-c1cc(F)cc(C#N)c1. The van der Waals surface area contributed by atoms with Crippen LogP contribution in [-0.4, -0.2) is 6.29 Å². The first kappa shape index (κ1) is 12.0. The van der Waals surface area contributed by atoms with E-state index in [1.807, 2.05) is 13.0 Å². The Bertz CT molecular complexity index is 656. The summed E-state index contributed by atoms with van der Waals surface area (Å²) < 4.78 is 13.4. The van der Waals surface area contributed by atoms with Gasteiger partial charge < -0.3 is 0 Å². The Kier molecular flexibility index (Phi) is 3.20. The molecule has 2 rings (SSSR count). The van der Waals surface area contributed by atoms with Gasteiger partial charge in [0.25, 0.3) is 0 Å².